The number of carbonyl (C=O) groups is 1. The molecule has 2 saturated carbocycles. The minimum atomic E-state index is 0.122. The fourth-order valence-electron chi connectivity index (χ4n) is 5.51. The molecule has 3 rings (SSSR count). The van der Waals surface area contributed by atoms with E-state index in [-0.39, 0.29) is 11.8 Å². The lowest BCUT2D eigenvalue weighted by atomic mass is 9.83. The number of aromatic nitrogens is 1. The van der Waals surface area contributed by atoms with Gasteiger partial charge in [0.1, 0.15) is 6.20 Å². The predicted octanol–water partition coefficient (Wildman–Crippen LogP) is 6.34. The van der Waals surface area contributed by atoms with Gasteiger partial charge in [0.2, 0.25) is 5.91 Å². The fourth-order valence-corrected chi connectivity index (χ4v) is 5.51. The van der Waals surface area contributed by atoms with Gasteiger partial charge in [-0.2, -0.15) is 11.3 Å². The van der Waals surface area contributed by atoms with E-state index in [9.17, 15) is 4.79 Å². The summed E-state index contributed by atoms with van der Waals surface area (Å²) in [5.41, 5.74) is 5.93. The number of carbonyl (C=O) groups excluding carboxylic acids is 1. The molecule has 0 aliphatic heterocycles. The van der Waals surface area contributed by atoms with E-state index in [1.807, 2.05) is 12.3 Å². The first-order valence-electron chi connectivity index (χ1n) is 12.7. The molecule has 0 radical (unpaired) electrons. The number of amides is 1. The summed E-state index contributed by atoms with van der Waals surface area (Å²) < 4.78 is 0. The Hall–Kier alpha value is -1.88. The van der Waals surface area contributed by atoms with E-state index < -0.39 is 0 Å². The Morgan fingerprint density at radius 3 is 1.94 bits per heavy atom. The smallest absolute Gasteiger partial charge is 0.298 e. The number of nitrogens with two attached hydrogens (primary N) is 1. The number of hydrogen-bond donors (Lipinski definition) is 3. The highest BCUT2D eigenvalue weighted by Gasteiger charge is 2.27. The van der Waals surface area contributed by atoms with Crippen LogP contribution in [0.5, 0.6) is 0 Å². The van der Waals surface area contributed by atoms with Crippen LogP contribution in [-0.2, 0) is 4.79 Å². The van der Waals surface area contributed by atoms with Gasteiger partial charge in [0, 0.05) is 5.92 Å². The van der Waals surface area contributed by atoms with Crippen LogP contribution in [0.1, 0.15) is 120 Å². The molecule has 31 heavy (non-hydrogen) atoms. The second-order valence-electron chi connectivity index (χ2n) is 9.53. The van der Waals surface area contributed by atoms with Gasteiger partial charge >= 0.3 is 0 Å². The third-order valence-electron chi connectivity index (χ3n) is 7.31. The van der Waals surface area contributed by atoms with E-state index in [4.69, 9.17) is 5.84 Å². The van der Waals surface area contributed by atoms with Crippen LogP contribution in [0.3, 0.4) is 0 Å². The number of hydrazine groups is 1. The van der Waals surface area contributed by atoms with Crippen LogP contribution >= 0.6 is 0 Å². The molecule has 0 aromatic carbocycles. The van der Waals surface area contributed by atoms with Crippen LogP contribution in [0.25, 0.3) is 6.08 Å². The maximum Gasteiger partial charge on any atom is 0.298 e. The highest BCUT2D eigenvalue weighted by Crippen LogP contribution is 2.38. The van der Waals surface area contributed by atoms with Crippen molar-refractivity contribution in [1.82, 2.24) is 0 Å². The van der Waals surface area contributed by atoms with Crippen molar-refractivity contribution in [3.8, 4) is 0 Å². The molecule has 172 valence electrons. The first kappa shape index (κ1) is 23.8. The van der Waals surface area contributed by atoms with Gasteiger partial charge in [-0.25, -0.2) is 4.98 Å². The lowest BCUT2D eigenvalue weighted by Crippen LogP contribution is -2.27. The number of hydrogen-bond acceptors (Lipinski definition) is 3. The van der Waals surface area contributed by atoms with Crippen LogP contribution in [0.15, 0.2) is 12.8 Å². The molecule has 5 heteroatoms. The minimum absolute atomic E-state index is 0.122. The van der Waals surface area contributed by atoms with E-state index in [1.54, 1.807) is 0 Å². The molecule has 0 saturated heterocycles. The van der Waals surface area contributed by atoms with Crippen molar-refractivity contribution in [3.63, 3.8) is 0 Å². The van der Waals surface area contributed by atoms with E-state index in [0.717, 1.165) is 55.6 Å². The first-order chi connectivity index (χ1) is 15.2. The molecule has 0 unspecified atom stereocenters. The minimum Gasteiger partial charge on any atom is -0.323 e. The molecule has 1 aromatic heterocycles. The summed E-state index contributed by atoms with van der Waals surface area (Å²) in [7, 11) is 0. The SMILES string of the molecule is C=Cc1c(NN)[nH+]cc(NC(=O)C2CCCCCCC2)c1C1CCCCCCCCC1. The molecule has 0 atom stereocenters. The second kappa shape index (κ2) is 12.8. The molecule has 0 spiro atoms. The average molecular weight is 428 g/mol. The summed E-state index contributed by atoms with van der Waals surface area (Å²) >= 11 is 0. The van der Waals surface area contributed by atoms with Gasteiger partial charge in [-0.3, -0.25) is 4.79 Å². The van der Waals surface area contributed by atoms with Crippen molar-refractivity contribution in [3.05, 3.63) is 23.9 Å². The van der Waals surface area contributed by atoms with Crippen LogP contribution < -0.4 is 21.6 Å². The standard InChI is InChI=1S/C26H42N4O/c1-2-22-24(20-15-11-7-4-3-5-8-12-16-20)23(19-28-25(22)30-27)29-26(31)21-17-13-9-6-10-14-18-21/h2,19-21H,1,3-18,27H2,(H,28,30)(H,29,31)/p+1. The Bertz CT molecular complexity index is 700. The summed E-state index contributed by atoms with van der Waals surface area (Å²) in [5, 5.41) is 3.33. The van der Waals surface area contributed by atoms with Crippen LogP contribution in [0.4, 0.5) is 11.5 Å². The van der Waals surface area contributed by atoms with Crippen molar-refractivity contribution >= 4 is 23.5 Å². The lowest BCUT2D eigenvalue weighted by molar-refractivity contribution is -0.360. The van der Waals surface area contributed by atoms with E-state index in [0.29, 0.717) is 5.92 Å². The van der Waals surface area contributed by atoms with Gasteiger partial charge in [0.15, 0.2) is 0 Å². The molecular weight excluding hydrogens is 384 g/mol. The molecule has 2 aliphatic carbocycles. The number of nitrogens with one attached hydrogen (secondary N) is 3. The zero-order valence-corrected chi connectivity index (χ0v) is 19.3. The summed E-state index contributed by atoms with van der Waals surface area (Å²) in [5.74, 6) is 7.30. The van der Waals surface area contributed by atoms with Gasteiger partial charge in [0.05, 0.1) is 11.3 Å². The number of anilines is 2. The second-order valence-corrected chi connectivity index (χ2v) is 9.53. The largest absolute Gasteiger partial charge is 0.323 e. The molecule has 5 nitrogen and oxygen atoms in total. The van der Waals surface area contributed by atoms with E-state index >= 15 is 0 Å². The summed E-state index contributed by atoms with van der Waals surface area (Å²) in [4.78, 5) is 16.5. The number of rotatable bonds is 5. The van der Waals surface area contributed by atoms with Crippen LogP contribution in [-0.4, -0.2) is 5.91 Å². The summed E-state index contributed by atoms with van der Waals surface area (Å²) in [6, 6.07) is 0. The molecule has 1 amide bonds. The maximum absolute atomic E-state index is 13.3. The number of H-pyrrole nitrogens is 1. The Morgan fingerprint density at radius 2 is 1.42 bits per heavy atom. The zero-order chi connectivity index (χ0) is 21.9. The zero-order valence-electron chi connectivity index (χ0n) is 19.3. The topological polar surface area (TPSA) is 81.3 Å². The molecule has 1 heterocycles. The molecule has 5 N–H and O–H groups in total. The fraction of sp³-hybridized carbons (Fsp3) is 0.692. The van der Waals surface area contributed by atoms with Crippen molar-refractivity contribution in [1.29, 1.82) is 0 Å². The molecule has 1 aromatic rings. The molecule has 2 aliphatic rings. The van der Waals surface area contributed by atoms with Crippen molar-refractivity contribution in [2.45, 2.75) is 109 Å². The first-order valence-corrected chi connectivity index (χ1v) is 12.7. The van der Waals surface area contributed by atoms with E-state index in [1.165, 1.54) is 69.8 Å². The lowest BCUT2D eigenvalue weighted by Gasteiger charge is -2.25. The monoisotopic (exact) mass is 427 g/mol. The van der Waals surface area contributed by atoms with Crippen LogP contribution in [0, 0.1) is 5.92 Å². The van der Waals surface area contributed by atoms with Crippen molar-refractivity contribution < 1.29 is 9.78 Å². The highest BCUT2D eigenvalue weighted by molar-refractivity contribution is 5.94. The van der Waals surface area contributed by atoms with Gasteiger partial charge in [0.25, 0.3) is 5.82 Å². The average Bonchev–Trinajstić information content (AvgIpc) is 2.76. The maximum atomic E-state index is 13.3. The number of nitrogen functional groups attached to an aromatic ring is 1. The Labute approximate surface area is 188 Å². The summed E-state index contributed by atoms with van der Waals surface area (Å²) in [6.07, 6.45) is 23.4. The van der Waals surface area contributed by atoms with Crippen molar-refractivity contribution in [2.75, 3.05) is 10.7 Å². The van der Waals surface area contributed by atoms with Crippen LogP contribution in [0.2, 0.25) is 0 Å². The van der Waals surface area contributed by atoms with Crippen molar-refractivity contribution in [2.24, 2.45) is 11.8 Å². The molecule has 2 fully saturated rings. The molecule has 0 bridgehead atoms. The Balaban J connectivity index is 1.87. The highest BCUT2D eigenvalue weighted by atomic mass is 16.1. The van der Waals surface area contributed by atoms with Gasteiger partial charge in [-0.05, 0) is 37.2 Å². The predicted molar refractivity (Wildman–Crippen MR) is 130 cm³/mol. The van der Waals surface area contributed by atoms with Gasteiger partial charge in [-0.15, -0.1) is 0 Å². The van der Waals surface area contributed by atoms with Gasteiger partial charge in [-0.1, -0.05) is 89.7 Å². The quantitative estimate of drug-likeness (QED) is 0.379. The third-order valence-corrected chi connectivity index (χ3v) is 7.31. The number of aromatic amines is 1. The molecular formula is C26H43N4O+. The Kier molecular flexibility index (Phi) is 9.85. The summed E-state index contributed by atoms with van der Waals surface area (Å²) in [6.45, 7) is 4.08. The Morgan fingerprint density at radius 1 is 0.903 bits per heavy atom. The van der Waals surface area contributed by atoms with E-state index in [2.05, 4.69) is 22.3 Å². The van der Waals surface area contributed by atoms with Gasteiger partial charge < -0.3 is 5.32 Å². The normalized spacial score (nSPS) is 20.3. The number of pyridine rings is 1. The third kappa shape index (κ3) is 6.80.